The zero-order valence-electron chi connectivity index (χ0n) is 14.0. The SMILES string of the molecule is S=C=Nc1ccc(C#Cc2ccc3c(ccc4cc(Br)ccc43)c2)cc1Cl. The summed E-state index contributed by atoms with van der Waals surface area (Å²) in [5.74, 6) is 6.36. The predicted molar refractivity (Wildman–Crippen MR) is 121 cm³/mol. The van der Waals surface area contributed by atoms with Gasteiger partial charge in [-0.2, -0.15) is 4.99 Å². The van der Waals surface area contributed by atoms with Gasteiger partial charge in [0.2, 0.25) is 0 Å². The lowest BCUT2D eigenvalue weighted by Gasteiger charge is -2.05. The van der Waals surface area contributed by atoms with Gasteiger partial charge < -0.3 is 0 Å². The van der Waals surface area contributed by atoms with E-state index in [4.69, 9.17) is 11.6 Å². The average Bonchev–Trinajstić information content (AvgIpc) is 2.68. The van der Waals surface area contributed by atoms with Gasteiger partial charge in [0.15, 0.2) is 0 Å². The van der Waals surface area contributed by atoms with Gasteiger partial charge >= 0.3 is 0 Å². The van der Waals surface area contributed by atoms with E-state index >= 15 is 0 Å². The predicted octanol–water partition coefficient (Wildman–Crippen LogP) is 7.54. The summed E-state index contributed by atoms with van der Waals surface area (Å²) in [5, 5.41) is 7.66. The van der Waals surface area contributed by atoms with Crippen LogP contribution in [0.4, 0.5) is 5.69 Å². The summed E-state index contributed by atoms with van der Waals surface area (Å²) < 4.78 is 1.08. The van der Waals surface area contributed by atoms with E-state index in [-0.39, 0.29) is 0 Å². The number of aliphatic imine (C=N–C) groups is 1. The minimum atomic E-state index is 0.510. The molecule has 0 aliphatic carbocycles. The summed E-state index contributed by atoms with van der Waals surface area (Å²) in [6.07, 6.45) is 0. The monoisotopic (exact) mass is 447 g/mol. The first-order valence-corrected chi connectivity index (χ1v) is 9.73. The molecule has 0 saturated carbocycles. The highest BCUT2D eigenvalue weighted by Gasteiger charge is 2.02. The fourth-order valence-electron chi connectivity index (χ4n) is 2.99. The second kappa shape index (κ2) is 7.64. The Morgan fingerprint density at radius 2 is 1.41 bits per heavy atom. The molecule has 0 aliphatic rings. The van der Waals surface area contributed by atoms with E-state index < -0.39 is 0 Å². The van der Waals surface area contributed by atoms with Crippen LogP contribution in [0.5, 0.6) is 0 Å². The van der Waals surface area contributed by atoms with E-state index in [1.165, 1.54) is 21.5 Å². The Labute approximate surface area is 175 Å². The van der Waals surface area contributed by atoms with Gasteiger partial charge in [0.1, 0.15) is 0 Å². The topological polar surface area (TPSA) is 12.4 Å². The molecule has 4 aromatic carbocycles. The number of benzene rings is 4. The van der Waals surface area contributed by atoms with E-state index in [2.05, 4.69) is 92.6 Å². The highest BCUT2D eigenvalue weighted by Crippen LogP contribution is 2.28. The van der Waals surface area contributed by atoms with Gasteiger partial charge in [-0.1, -0.05) is 63.6 Å². The van der Waals surface area contributed by atoms with Crippen molar-refractivity contribution >= 4 is 72.1 Å². The van der Waals surface area contributed by atoms with E-state index in [0.717, 1.165) is 15.6 Å². The van der Waals surface area contributed by atoms with E-state index in [1.54, 1.807) is 12.1 Å². The van der Waals surface area contributed by atoms with Gasteiger partial charge in [0.25, 0.3) is 0 Å². The number of thiocarbonyl (C=S) groups is 1. The third-order valence-corrected chi connectivity index (χ3v) is 5.15. The Morgan fingerprint density at radius 3 is 2.11 bits per heavy atom. The largest absolute Gasteiger partial charge is 0.193 e. The molecule has 0 heterocycles. The molecular weight excluding hydrogens is 438 g/mol. The maximum atomic E-state index is 6.18. The van der Waals surface area contributed by atoms with Crippen LogP contribution in [0.1, 0.15) is 11.1 Å². The molecule has 128 valence electrons. The van der Waals surface area contributed by atoms with Crippen molar-refractivity contribution < 1.29 is 0 Å². The fourth-order valence-corrected chi connectivity index (χ4v) is 3.69. The molecule has 0 aromatic heterocycles. The molecule has 0 spiro atoms. The minimum absolute atomic E-state index is 0.510. The number of isothiocyanates is 1. The van der Waals surface area contributed by atoms with Gasteiger partial charge in [0.05, 0.1) is 15.9 Å². The van der Waals surface area contributed by atoms with Crippen molar-refractivity contribution in [2.45, 2.75) is 0 Å². The van der Waals surface area contributed by atoms with Crippen LogP contribution in [0.3, 0.4) is 0 Å². The van der Waals surface area contributed by atoms with E-state index in [0.29, 0.717) is 10.7 Å². The molecule has 0 saturated heterocycles. The molecule has 0 fully saturated rings. The Morgan fingerprint density at radius 1 is 0.778 bits per heavy atom. The molecule has 4 rings (SSSR count). The second-order valence-electron chi connectivity index (χ2n) is 5.99. The van der Waals surface area contributed by atoms with Gasteiger partial charge in [-0.25, -0.2) is 0 Å². The molecule has 27 heavy (non-hydrogen) atoms. The smallest absolute Gasteiger partial charge is 0.0926 e. The van der Waals surface area contributed by atoms with Crippen molar-refractivity contribution in [1.29, 1.82) is 0 Å². The number of hydrogen-bond donors (Lipinski definition) is 0. The molecule has 0 N–H and O–H groups in total. The first-order chi connectivity index (χ1) is 13.1. The highest BCUT2D eigenvalue weighted by atomic mass is 79.9. The molecule has 0 bridgehead atoms. The summed E-state index contributed by atoms with van der Waals surface area (Å²) in [6, 6.07) is 22.3. The quantitative estimate of drug-likeness (QED) is 0.127. The van der Waals surface area contributed by atoms with Crippen LogP contribution in [0.2, 0.25) is 5.02 Å². The Hall–Kier alpha value is -2.47. The fraction of sp³-hybridized carbons (Fsp3) is 0. The van der Waals surface area contributed by atoms with Crippen molar-refractivity contribution in [3.05, 3.63) is 87.4 Å². The summed E-state index contributed by atoms with van der Waals surface area (Å²) in [7, 11) is 0. The first kappa shape index (κ1) is 17.9. The molecule has 4 aromatic rings. The normalized spacial score (nSPS) is 10.3. The van der Waals surface area contributed by atoms with Crippen LogP contribution in [0, 0.1) is 11.8 Å². The number of hydrogen-bond acceptors (Lipinski definition) is 2. The second-order valence-corrected chi connectivity index (χ2v) is 7.49. The number of nitrogens with zero attached hydrogens (tertiary/aromatic N) is 1. The van der Waals surface area contributed by atoms with E-state index in [9.17, 15) is 0 Å². The van der Waals surface area contributed by atoms with Gasteiger partial charge in [0, 0.05) is 15.6 Å². The zero-order valence-corrected chi connectivity index (χ0v) is 17.1. The van der Waals surface area contributed by atoms with Crippen molar-refractivity contribution in [3.8, 4) is 11.8 Å². The third-order valence-electron chi connectivity index (χ3n) is 4.26. The number of fused-ring (bicyclic) bond motifs is 3. The number of rotatable bonds is 1. The maximum absolute atomic E-state index is 6.18. The van der Waals surface area contributed by atoms with Crippen LogP contribution in [0.15, 0.2) is 76.2 Å². The molecular formula is C23H11BrClNS. The minimum Gasteiger partial charge on any atom is -0.193 e. The Balaban J connectivity index is 1.72. The molecule has 0 atom stereocenters. The van der Waals surface area contributed by atoms with Crippen LogP contribution < -0.4 is 0 Å². The molecule has 1 nitrogen and oxygen atoms in total. The Kier molecular flexibility index (Phi) is 5.07. The standard InChI is InChI=1S/C23H11BrClNS/c24-19-7-9-21-18(13-19)6-5-17-11-15(3-8-20(17)21)1-2-16-4-10-23(26-14-27)22(25)12-16/h3-13H. The first-order valence-electron chi connectivity index (χ1n) is 8.15. The van der Waals surface area contributed by atoms with Gasteiger partial charge in [-0.3, -0.25) is 0 Å². The summed E-state index contributed by atoms with van der Waals surface area (Å²) in [5.41, 5.74) is 2.38. The zero-order chi connectivity index (χ0) is 18.8. The lowest BCUT2D eigenvalue weighted by molar-refractivity contribution is 1.53. The Bertz CT molecular complexity index is 1310. The molecule has 0 amide bonds. The van der Waals surface area contributed by atoms with Crippen molar-refractivity contribution in [2.75, 3.05) is 0 Å². The van der Waals surface area contributed by atoms with Gasteiger partial charge in [-0.05, 0) is 76.2 Å². The molecule has 4 heteroatoms. The van der Waals surface area contributed by atoms with Crippen LogP contribution in [0.25, 0.3) is 21.5 Å². The van der Waals surface area contributed by atoms with E-state index in [1.807, 2.05) is 12.1 Å². The molecule has 0 unspecified atom stereocenters. The van der Waals surface area contributed by atoms with Crippen molar-refractivity contribution in [2.24, 2.45) is 4.99 Å². The molecule has 0 radical (unpaired) electrons. The number of halogens is 2. The highest BCUT2D eigenvalue weighted by molar-refractivity contribution is 9.10. The maximum Gasteiger partial charge on any atom is 0.0926 e. The summed E-state index contributed by atoms with van der Waals surface area (Å²) in [6.45, 7) is 0. The van der Waals surface area contributed by atoms with Crippen LogP contribution in [-0.2, 0) is 0 Å². The van der Waals surface area contributed by atoms with Crippen molar-refractivity contribution in [1.82, 2.24) is 0 Å². The summed E-state index contributed by atoms with van der Waals surface area (Å²) in [4.78, 5) is 3.91. The van der Waals surface area contributed by atoms with Crippen molar-refractivity contribution in [3.63, 3.8) is 0 Å². The van der Waals surface area contributed by atoms with Crippen LogP contribution in [-0.4, -0.2) is 5.16 Å². The van der Waals surface area contributed by atoms with Crippen LogP contribution >= 0.6 is 39.7 Å². The lowest BCUT2D eigenvalue weighted by atomic mass is 10.0. The van der Waals surface area contributed by atoms with Gasteiger partial charge in [-0.15, -0.1) is 0 Å². The summed E-state index contributed by atoms with van der Waals surface area (Å²) >= 11 is 14.3. The average molecular weight is 449 g/mol. The lowest BCUT2D eigenvalue weighted by Crippen LogP contribution is -1.81. The third kappa shape index (κ3) is 3.81. The molecule has 0 aliphatic heterocycles.